The van der Waals surface area contributed by atoms with Crippen LogP contribution in [-0.2, 0) is 0 Å². The van der Waals surface area contributed by atoms with Crippen LogP contribution in [0, 0.1) is 5.92 Å². The van der Waals surface area contributed by atoms with E-state index in [1.165, 1.54) is 12.8 Å². The fourth-order valence-corrected chi connectivity index (χ4v) is 3.49. The number of methoxy groups -OCH3 is 1. The quantitative estimate of drug-likeness (QED) is 0.671. The summed E-state index contributed by atoms with van der Waals surface area (Å²) in [7, 11) is 1.68. The van der Waals surface area contributed by atoms with Gasteiger partial charge in [-0.2, -0.15) is 4.98 Å². The van der Waals surface area contributed by atoms with E-state index < -0.39 is 0 Å². The molecule has 0 amide bonds. The van der Waals surface area contributed by atoms with E-state index in [1.807, 2.05) is 48.5 Å². The second kappa shape index (κ2) is 8.30. The molecular weight excluding hydrogens is 348 g/mol. The Hall–Kier alpha value is -3.08. The molecule has 1 N–H and O–H groups in total. The molecule has 1 aliphatic rings. The average Bonchev–Trinajstić information content (AvgIpc) is 2.75. The molecule has 0 bridgehead atoms. The summed E-state index contributed by atoms with van der Waals surface area (Å²) in [6.07, 6.45) is 2.35. The van der Waals surface area contributed by atoms with E-state index >= 15 is 0 Å². The van der Waals surface area contributed by atoms with Gasteiger partial charge in [0.05, 0.1) is 18.5 Å². The minimum atomic E-state index is 0.764. The second-order valence-corrected chi connectivity index (χ2v) is 7.30. The molecule has 2 heterocycles. The number of para-hydroxylation sites is 2. The maximum atomic E-state index is 5.47. The molecule has 0 saturated carbocycles. The molecule has 28 heavy (non-hydrogen) atoms. The summed E-state index contributed by atoms with van der Waals surface area (Å²) in [5.74, 6) is 3.10. The van der Waals surface area contributed by atoms with Gasteiger partial charge in [0.15, 0.2) is 0 Å². The Morgan fingerprint density at radius 1 is 0.964 bits per heavy atom. The van der Waals surface area contributed by atoms with Crippen molar-refractivity contribution in [3.63, 3.8) is 0 Å². The standard InChI is InChI=1S/C23H26N4O/c1-17-12-14-27(15-13-17)23-25-20(18-8-4-3-5-9-18)16-22(26-23)24-19-10-6-7-11-21(19)28-2/h3-11,16-17H,12-15H2,1-2H3,(H,24,25,26). The Kier molecular flexibility index (Phi) is 5.42. The first-order valence-electron chi connectivity index (χ1n) is 9.82. The lowest BCUT2D eigenvalue weighted by atomic mass is 10.00. The number of hydrogen-bond donors (Lipinski definition) is 1. The van der Waals surface area contributed by atoms with Gasteiger partial charge in [0.25, 0.3) is 0 Å². The Morgan fingerprint density at radius 3 is 2.43 bits per heavy atom. The van der Waals surface area contributed by atoms with Crippen molar-refractivity contribution in [2.24, 2.45) is 5.92 Å². The lowest BCUT2D eigenvalue weighted by molar-refractivity contribution is 0.417. The van der Waals surface area contributed by atoms with Crippen LogP contribution in [-0.4, -0.2) is 30.2 Å². The first kappa shape index (κ1) is 18.3. The molecule has 5 heteroatoms. The number of nitrogens with one attached hydrogen (secondary N) is 1. The SMILES string of the molecule is COc1ccccc1Nc1cc(-c2ccccc2)nc(N2CCC(C)CC2)n1. The summed E-state index contributed by atoms with van der Waals surface area (Å²) in [6, 6.07) is 20.1. The van der Waals surface area contributed by atoms with Gasteiger partial charge >= 0.3 is 0 Å². The Bertz CT molecular complexity index is 921. The molecule has 1 saturated heterocycles. The second-order valence-electron chi connectivity index (χ2n) is 7.30. The van der Waals surface area contributed by atoms with Crippen molar-refractivity contribution in [2.75, 3.05) is 30.4 Å². The van der Waals surface area contributed by atoms with Crippen LogP contribution in [0.5, 0.6) is 5.75 Å². The number of nitrogens with zero attached hydrogens (tertiary/aromatic N) is 3. The van der Waals surface area contributed by atoms with Crippen molar-refractivity contribution in [2.45, 2.75) is 19.8 Å². The number of piperidine rings is 1. The van der Waals surface area contributed by atoms with Crippen molar-refractivity contribution in [3.8, 4) is 17.0 Å². The highest BCUT2D eigenvalue weighted by Gasteiger charge is 2.19. The molecule has 5 nitrogen and oxygen atoms in total. The van der Waals surface area contributed by atoms with Gasteiger partial charge in [-0.3, -0.25) is 0 Å². The van der Waals surface area contributed by atoms with Crippen molar-refractivity contribution in [3.05, 3.63) is 60.7 Å². The number of hydrogen-bond acceptors (Lipinski definition) is 5. The maximum Gasteiger partial charge on any atom is 0.227 e. The third kappa shape index (κ3) is 4.09. The third-order valence-electron chi connectivity index (χ3n) is 5.22. The van der Waals surface area contributed by atoms with Gasteiger partial charge in [0.1, 0.15) is 11.6 Å². The number of anilines is 3. The highest BCUT2D eigenvalue weighted by molar-refractivity contribution is 5.70. The number of ether oxygens (including phenoxy) is 1. The highest BCUT2D eigenvalue weighted by Crippen LogP contribution is 2.30. The topological polar surface area (TPSA) is 50.3 Å². The normalized spacial score (nSPS) is 14.7. The van der Waals surface area contributed by atoms with Gasteiger partial charge in [0.2, 0.25) is 5.95 Å². The van der Waals surface area contributed by atoms with E-state index in [-0.39, 0.29) is 0 Å². The van der Waals surface area contributed by atoms with Crippen LogP contribution in [0.1, 0.15) is 19.8 Å². The molecule has 0 radical (unpaired) electrons. The molecule has 1 aliphatic heterocycles. The smallest absolute Gasteiger partial charge is 0.227 e. The summed E-state index contributed by atoms with van der Waals surface area (Å²) in [4.78, 5) is 12.0. The summed E-state index contributed by atoms with van der Waals surface area (Å²) in [6.45, 7) is 4.30. The predicted octanol–water partition coefficient (Wildman–Crippen LogP) is 5.13. The first-order chi connectivity index (χ1) is 13.7. The van der Waals surface area contributed by atoms with Gasteiger partial charge in [0, 0.05) is 24.7 Å². The minimum Gasteiger partial charge on any atom is -0.495 e. The monoisotopic (exact) mass is 374 g/mol. The fraction of sp³-hybridized carbons (Fsp3) is 0.304. The molecule has 0 spiro atoms. The molecule has 2 aromatic carbocycles. The van der Waals surface area contributed by atoms with Crippen LogP contribution in [0.25, 0.3) is 11.3 Å². The summed E-state index contributed by atoms with van der Waals surface area (Å²) < 4.78 is 5.47. The number of benzene rings is 2. The highest BCUT2D eigenvalue weighted by atomic mass is 16.5. The molecular formula is C23H26N4O. The van der Waals surface area contributed by atoms with Crippen LogP contribution in [0.4, 0.5) is 17.5 Å². The van der Waals surface area contributed by atoms with Gasteiger partial charge < -0.3 is 15.0 Å². The summed E-state index contributed by atoms with van der Waals surface area (Å²) >= 11 is 0. The Balaban J connectivity index is 1.71. The van der Waals surface area contributed by atoms with Crippen LogP contribution >= 0.6 is 0 Å². The number of aromatic nitrogens is 2. The van der Waals surface area contributed by atoms with Crippen LogP contribution in [0.15, 0.2) is 60.7 Å². The van der Waals surface area contributed by atoms with E-state index in [9.17, 15) is 0 Å². The average molecular weight is 374 g/mol. The molecule has 4 rings (SSSR count). The molecule has 1 fully saturated rings. The lowest BCUT2D eigenvalue weighted by Gasteiger charge is -2.30. The van der Waals surface area contributed by atoms with Crippen LogP contribution < -0.4 is 15.0 Å². The summed E-state index contributed by atoms with van der Waals surface area (Å²) in [5.41, 5.74) is 2.89. The van der Waals surface area contributed by atoms with E-state index in [2.05, 4.69) is 29.3 Å². The van der Waals surface area contributed by atoms with Crippen molar-refractivity contribution in [1.82, 2.24) is 9.97 Å². The van der Waals surface area contributed by atoms with Crippen molar-refractivity contribution < 1.29 is 4.74 Å². The first-order valence-corrected chi connectivity index (χ1v) is 9.82. The Morgan fingerprint density at radius 2 is 1.68 bits per heavy atom. The molecule has 0 aliphatic carbocycles. The molecule has 144 valence electrons. The molecule has 1 aromatic heterocycles. The van der Waals surface area contributed by atoms with E-state index in [4.69, 9.17) is 14.7 Å². The minimum absolute atomic E-state index is 0.764. The van der Waals surface area contributed by atoms with Gasteiger partial charge in [-0.15, -0.1) is 0 Å². The van der Waals surface area contributed by atoms with Gasteiger partial charge in [-0.1, -0.05) is 49.4 Å². The third-order valence-corrected chi connectivity index (χ3v) is 5.22. The zero-order valence-corrected chi connectivity index (χ0v) is 16.4. The van der Waals surface area contributed by atoms with Crippen molar-refractivity contribution >= 4 is 17.5 Å². The van der Waals surface area contributed by atoms with E-state index in [1.54, 1.807) is 7.11 Å². The Labute approximate surface area is 166 Å². The number of rotatable bonds is 5. The van der Waals surface area contributed by atoms with Gasteiger partial charge in [-0.05, 0) is 30.9 Å². The largest absolute Gasteiger partial charge is 0.495 e. The molecule has 0 unspecified atom stereocenters. The van der Waals surface area contributed by atoms with Crippen LogP contribution in [0.2, 0.25) is 0 Å². The zero-order valence-electron chi connectivity index (χ0n) is 16.4. The molecule has 0 atom stereocenters. The predicted molar refractivity (Wildman–Crippen MR) is 114 cm³/mol. The van der Waals surface area contributed by atoms with Crippen LogP contribution in [0.3, 0.4) is 0 Å². The lowest BCUT2D eigenvalue weighted by Crippen LogP contribution is -2.34. The van der Waals surface area contributed by atoms with Gasteiger partial charge in [-0.25, -0.2) is 4.98 Å². The summed E-state index contributed by atoms with van der Waals surface area (Å²) in [5, 5.41) is 3.42. The van der Waals surface area contributed by atoms with Crippen molar-refractivity contribution in [1.29, 1.82) is 0 Å². The molecule has 3 aromatic rings. The zero-order chi connectivity index (χ0) is 19.3. The van der Waals surface area contributed by atoms with E-state index in [0.29, 0.717) is 0 Å². The fourth-order valence-electron chi connectivity index (χ4n) is 3.49. The van der Waals surface area contributed by atoms with E-state index in [0.717, 1.165) is 53.5 Å². The maximum absolute atomic E-state index is 5.47.